The third kappa shape index (κ3) is 2.14. The highest BCUT2D eigenvalue weighted by Crippen LogP contribution is 2.29. The summed E-state index contributed by atoms with van der Waals surface area (Å²) in [6.07, 6.45) is -0.489. The van der Waals surface area contributed by atoms with Crippen LogP contribution in [0.5, 0.6) is 0 Å². The lowest BCUT2D eigenvalue weighted by Gasteiger charge is -2.26. The van der Waals surface area contributed by atoms with Gasteiger partial charge in [-0.05, 0) is 18.1 Å². The zero-order valence-corrected chi connectivity index (χ0v) is 8.99. The molecule has 1 atom stereocenters. The van der Waals surface area contributed by atoms with Gasteiger partial charge in [0.1, 0.15) is 0 Å². The smallest absolute Gasteiger partial charge is 0.0764 e. The molecular formula is C12H18O2. The fourth-order valence-electron chi connectivity index (χ4n) is 1.56. The van der Waals surface area contributed by atoms with Crippen LogP contribution < -0.4 is 0 Å². The third-order valence-corrected chi connectivity index (χ3v) is 2.54. The van der Waals surface area contributed by atoms with Crippen LogP contribution in [0.15, 0.2) is 24.3 Å². The number of rotatable bonds is 3. The molecule has 0 bridgehead atoms. The third-order valence-electron chi connectivity index (χ3n) is 2.54. The second kappa shape index (κ2) is 4.11. The van der Waals surface area contributed by atoms with Gasteiger partial charge in [0.15, 0.2) is 0 Å². The van der Waals surface area contributed by atoms with Gasteiger partial charge < -0.3 is 10.2 Å². The minimum atomic E-state index is -0.489. The number of hydrogen-bond acceptors (Lipinski definition) is 2. The SMILES string of the molecule is CC(O)c1ccccc1C(C)(C)CO. The van der Waals surface area contributed by atoms with Crippen LogP contribution in [-0.4, -0.2) is 16.8 Å². The number of hydrogen-bond donors (Lipinski definition) is 2. The van der Waals surface area contributed by atoms with E-state index in [-0.39, 0.29) is 12.0 Å². The van der Waals surface area contributed by atoms with Crippen LogP contribution in [0.1, 0.15) is 38.0 Å². The van der Waals surface area contributed by atoms with Crippen molar-refractivity contribution < 1.29 is 10.2 Å². The molecule has 0 heterocycles. The molecule has 1 aromatic rings. The molecule has 0 spiro atoms. The maximum Gasteiger partial charge on any atom is 0.0764 e. The van der Waals surface area contributed by atoms with Gasteiger partial charge in [0.05, 0.1) is 12.7 Å². The van der Waals surface area contributed by atoms with Gasteiger partial charge in [0.2, 0.25) is 0 Å². The molecule has 2 N–H and O–H groups in total. The Balaban J connectivity index is 3.20. The minimum Gasteiger partial charge on any atom is -0.395 e. The summed E-state index contributed by atoms with van der Waals surface area (Å²) in [5.74, 6) is 0. The summed E-state index contributed by atoms with van der Waals surface area (Å²) in [6.45, 7) is 5.76. The first-order valence-electron chi connectivity index (χ1n) is 4.87. The first-order chi connectivity index (χ1) is 6.49. The van der Waals surface area contributed by atoms with Gasteiger partial charge in [-0.25, -0.2) is 0 Å². The van der Waals surface area contributed by atoms with E-state index in [2.05, 4.69) is 0 Å². The van der Waals surface area contributed by atoms with E-state index in [0.717, 1.165) is 11.1 Å². The van der Waals surface area contributed by atoms with Crippen LogP contribution in [0, 0.1) is 0 Å². The molecule has 1 rings (SSSR count). The van der Waals surface area contributed by atoms with Crippen LogP contribution in [-0.2, 0) is 5.41 Å². The Kier molecular flexibility index (Phi) is 3.29. The summed E-state index contributed by atoms with van der Waals surface area (Å²) in [7, 11) is 0. The number of benzene rings is 1. The molecule has 0 amide bonds. The second-order valence-corrected chi connectivity index (χ2v) is 4.31. The first-order valence-corrected chi connectivity index (χ1v) is 4.87. The van der Waals surface area contributed by atoms with E-state index in [1.807, 2.05) is 38.1 Å². The average Bonchev–Trinajstić information content (AvgIpc) is 2.18. The summed E-state index contributed by atoms with van der Waals surface area (Å²) < 4.78 is 0. The molecule has 0 fully saturated rings. The highest BCUT2D eigenvalue weighted by Gasteiger charge is 2.23. The molecule has 0 aromatic heterocycles. The Morgan fingerprint density at radius 3 is 2.36 bits per heavy atom. The molecule has 0 saturated heterocycles. The summed E-state index contributed by atoms with van der Waals surface area (Å²) in [4.78, 5) is 0. The Labute approximate surface area is 85.2 Å². The molecule has 0 aliphatic rings. The summed E-state index contributed by atoms with van der Waals surface area (Å²) in [5, 5.41) is 18.9. The molecule has 0 aliphatic carbocycles. The van der Waals surface area contributed by atoms with Gasteiger partial charge in [-0.15, -0.1) is 0 Å². The van der Waals surface area contributed by atoms with Crippen molar-refractivity contribution >= 4 is 0 Å². The lowest BCUT2D eigenvalue weighted by molar-refractivity contribution is 0.187. The maximum atomic E-state index is 9.58. The monoisotopic (exact) mass is 194 g/mol. The fourth-order valence-corrected chi connectivity index (χ4v) is 1.56. The van der Waals surface area contributed by atoms with Crippen molar-refractivity contribution in [2.45, 2.75) is 32.3 Å². The van der Waals surface area contributed by atoms with Crippen LogP contribution in [0.3, 0.4) is 0 Å². The second-order valence-electron chi connectivity index (χ2n) is 4.31. The van der Waals surface area contributed by atoms with Crippen molar-refractivity contribution in [1.29, 1.82) is 0 Å². The standard InChI is InChI=1S/C12H18O2/c1-9(14)10-6-4-5-7-11(10)12(2,3)8-13/h4-7,9,13-14H,8H2,1-3H3. The first kappa shape index (κ1) is 11.2. The Morgan fingerprint density at radius 1 is 1.29 bits per heavy atom. The largest absolute Gasteiger partial charge is 0.395 e. The number of aliphatic hydroxyl groups is 2. The summed E-state index contributed by atoms with van der Waals surface area (Å²) in [5.41, 5.74) is 1.61. The zero-order valence-electron chi connectivity index (χ0n) is 8.99. The molecular weight excluding hydrogens is 176 g/mol. The van der Waals surface area contributed by atoms with Gasteiger partial charge in [0.25, 0.3) is 0 Å². The van der Waals surface area contributed by atoms with Crippen molar-refractivity contribution in [1.82, 2.24) is 0 Å². The van der Waals surface area contributed by atoms with Gasteiger partial charge in [-0.1, -0.05) is 38.1 Å². The molecule has 1 aromatic carbocycles. The molecule has 0 aliphatic heterocycles. The fraction of sp³-hybridized carbons (Fsp3) is 0.500. The van der Waals surface area contributed by atoms with E-state index >= 15 is 0 Å². The number of aliphatic hydroxyl groups excluding tert-OH is 2. The quantitative estimate of drug-likeness (QED) is 0.772. The van der Waals surface area contributed by atoms with Crippen LogP contribution >= 0.6 is 0 Å². The average molecular weight is 194 g/mol. The van der Waals surface area contributed by atoms with Crippen molar-refractivity contribution in [3.8, 4) is 0 Å². The topological polar surface area (TPSA) is 40.5 Å². The van der Waals surface area contributed by atoms with E-state index in [4.69, 9.17) is 0 Å². The van der Waals surface area contributed by atoms with Crippen LogP contribution in [0.2, 0.25) is 0 Å². The van der Waals surface area contributed by atoms with Gasteiger partial charge in [-0.3, -0.25) is 0 Å². The zero-order chi connectivity index (χ0) is 10.8. The summed E-state index contributed by atoms with van der Waals surface area (Å²) in [6, 6.07) is 7.69. The molecule has 14 heavy (non-hydrogen) atoms. The minimum absolute atomic E-state index is 0.0801. The molecule has 0 saturated carbocycles. The van der Waals surface area contributed by atoms with E-state index in [1.54, 1.807) is 6.92 Å². The van der Waals surface area contributed by atoms with E-state index in [9.17, 15) is 10.2 Å². The Hall–Kier alpha value is -0.860. The molecule has 2 heteroatoms. The van der Waals surface area contributed by atoms with Crippen molar-refractivity contribution in [2.75, 3.05) is 6.61 Å². The normalized spacial score (nSPS) is 14.1. The van der Waals surface area contributed by atoms with Gasteiger partial charge in [-0.2, -0.15) is 0 Å². The highest BCUT2D eigenvalue weighted by atomic mass is 16.3. The summed E-state index contributed by atoms with van der Waals surface area (Å²) >= 11 is 0. The lowest BCUT2D eigenvalue weighted by atomic mass is 9.81. The Bertz CT molecular complexity index is 303. The Morgan fingerprint density at radius 2 is 1.86 bits per heavy atom. The van der Waals surface area contributed by atoms with Crippen molar-refractivity contribution in [3.05, 3.63) is 35.4 Å². The van der Waals surface area contributed by atoms with Crippen molar-refractivity contribution in [3.63, 3.8) is 0 Å². The van der Waals surface area contributed by atoms with Gasteiger partial charge in [0, 0.05) is 5.41 Å². The van der Waals surface area contributed by atoms with E-state index in [0.29, 0.717) is 0 Å². The predicted octanol–water partition coefficient (Wildman–Crippen LogP) is 2.01. The molecule has 78 valence electrons. The van der Waals surface area contributed by atoms with E-state index in [1.165, 1.54) is 0 Å². The molecule has 1 unspecified atom stereocenters. The van der Waals surface area contributed by atoms with Crippen LogP contribution in [0.4, 0.5) is 0 Å². The molecule has 2 nitrogen and oxygen atoms in total. The van der Waals surface area contributed by atoms with E-state index < -0.39 is 6.10 Å². The highest BCUT2D eigenvalue weighted by molar-refractivity contribution is 5.34. The lowest BCUT2D eigenvalue weighted by Crippen LogP contribution is -2.24. The predicted molar refractivity (Wildman–Crippen MR) is 57.2 cm³/mol. The maximum absolute atomic E-state index is 9.58. The molecule has 0 radical (unpaired) electrons. The van der Waals surface area contributed by atoms with Crippen molar-refractivity contribution in [2.24, 2.45) is 0 Å². The van der Waals surface area contributed by atoms with Gasteiger partial charge >= 0.3 is 0 Å². The van der Waals surface area contributed by atoms with Crippen LogP contribution in [0.25, 0.3) is 0 Å².